The van der Waals surface area contributed by atoms with Crippen molar-refractivity contribution < 1.29 is 12.9 Å². The molecule has 0 saturated carbocycles. The molecule has 1 rings (SSSR count). The summed E-state index contributed by atoms with van der Waals surface area (Å²) in [5.74, 6) is 0. The number of hydrogen-bond acceptors (Lipinski definition) is 1. The van der Waals surface area contributed by atoms with Crippen LogP contribution in [0, 0.1) is 0 Å². The second-order valence-corrected chi connectivity index (χ2v) is 3.46. The van der Waals surface area contributed by atoms with Crippen LogP contribution in [0.15, 0.2) is 12.1 Å². The van der Waals surface area contributed by atoms with Gasteiger partial charge < -0.3 is 12.9 Å². The molecule has 0 aromatic carbocycles. The zero-order chi connectivity index (χ0) is 7.78. The Labute approximate surface area is 64.7 Å². The van der Waals surface area contributed by atoms with E-state index in [-0.39, 0.29) is 4.34 Å². The van der Waals surface area contributed by atoms with Gasteiger partial charge in [-0.1, -0.05) is 22.4 Å². The summed E-state index contributed by atoms with van der Waals surface area (Å²) < 4.78 is 35.0. The molecule has 1 aromatic rings. The van der Waals surface area contributed by atoms with Crippen molar-refractivity contribution in [1.82, 2.24) is 0 Å². The lowest BCUT2D eigenvalue weighted by molar-refractivity contribution is 0.503. The Balaban J connectivity index is 2.96. The molecule has 0 fully saturated rings. The number of rotatable bonds is 1. The van der Waals surface area contributed by atoms with E-state index in [1.54, 1.807) is 0 Å². The van der Waals surface area contributed by atoms with Crippen molar-refractivity contribution in [1.29, 1.82) is 0 Å². The minimum atomic E-state index is -4.85. The summed E-state index contributed by atoms with van der Waals surface area (Å²) in [4.78, 5) is 0. The summed E-state index contributed by atoms with van der Waals surface area (Å²) in [6.07, 6.45) is 0. The molecule has 10 heavy (non-hydrogen) atoms. The molecule has 1 heterocycles. The Hall–Kier alpha value is -0.155. The third-order valence-corrected chi connectivity index (χ3v) is 2.24. The van der Waals surface area contributed by atoms with E-state index in [1.165, 1.54) is 6.07 Å². The first-order valence-electron chi connectivity index (χ1n) is 2.45. The third-order valence-electron chi connectivity index (χ3n) is 0.917. The van der Waals surface area contributed by atoms with Crippen molar-refractivity contribution in [2.75, 3.05) is 0 Å². The Bertz CT molecular complexity index is 231. The van der Waals surface area contributed by atoms with Gasteiger partial charge >= 0.3 is 6.98 Å². The molecule has 0 N–H and O–H groups in total. The van der Waals surface area contributed by atoms with Crippen LogP contribution in [0.25, 0.3) is 0 Å². The van der Waals surface area contributed by atoms with E-state index in [4.69, 9.17) is 11.6 Å². The minimum absolute atomic E-state index is 0.175. The van der Waals surface area contributed by atoms with Gasteiger partial charge in [-0.15, -0.1) is 0 Å². The predicted molar refractivity (Wildman–Crippen MR) is 38.0 cm³/mol. The summed E-state index contributed by atoms with van der Waals surface area (Å²) >= 11 is 5.86. The molecule has 1 aromatic heterocycles. The molecule has 0 saturated heterocycles. The van der Waals surface area contributed by atoms with Gasteiger partial charge in [0.25, 0.3) is 0 Å². The summed E-state index contributed by atoms with van der Waals surface area (Å²) in [5.41, 5.74) is 0. The first kappa shape index (κ1) is 7.95. The maximum absolute atomic E-state index is 11.8. The molecule has 0 nitrogen and oxygen atoms in total. The van der Waals surface area contributed by atoms with E-state index in [0.717, 1.165) is 6.07 Å². The van der Waals surface area contributed by atoms with E-state index in [1.807, 2.05) is 0 Å². The Morgan fingerprint density at radius 1 is 1.30 bits per heavy atom. The molecule has 0 unspecified atom stereocenters. The van der Waals surface area contributed by atoms with Crippen LogP contribution in [0.3, 0.4) is 0 Å². The van der Waals surface area contributed by atoms with Gasteiger partial charge in [-0.2, -0.15) is 11.3 Å². The van der Waals surface area contributed by atoms with Gasteiger partial charge in [-0.05, 0) is 6.07 Å². The molecule has 0 aliphatic carbocycles. The van der Waals surface area contributed by atoms with Gasteiger partial charge in [-0.25, -0.2) is 0 Å². The van der Waals surface area contributed by atoms with Crippen LogP contribution < -0.4 is 4.78 Å². The molecule has 0 atom stereocenters. The van der Waals surface area contributed by atoms with Crippen LogP contribution in [-0.4, -0.2) is 6.98 Å². The van der Waals surface area contributed by atoms with E-state index in [0.29, 0.717) is 11.3 Å². The molecule has 0 radical (unpaired) electrons. The molecular formula is C4H2BClF3S-. The van der Waals surface area contributed by atoms with Crippen LogP contribution in [-0.2, 0) is 0 Å². The van der Waals surface area contributed by atoms with Crippen LogP contribution in [0.4, 0.5) is 12.9 Å². The number of halogens is 4. The Morgan fingerprint density at radius 3 is 2.10 bits per heavy atom. The lowest BCUT2D eigenvalue weighted by atomic mass is 9.90. The van der Waals surface area contributed by atoms with Crippen LogP contribution in [0.5, 0.6) is 0 Å². The summed E-state index contributed by atoms with van der Waals surface area (Å²) in [6.45, 7) is -4.85. The van der Waals surface area contributed by atoms with Crippen LogP contribution in [0.1, 0.15) is 0 Å². The molecule has 0 bridgehead atoms. The maximum Gasteiger partial charge on any atom is 0.519 e. The van der Waals surface area contributed by atoms with Crippen molar-refractivity contribution in [3.63, 3.8) is 0 Å². The molecule has 6 heteroatoms. The quantitative estimate of drug-likeness (QED) is 0.590. The van der Waals surface area contributed by atoms with Crippen molar-refractivity contribution in [3.8, 4) is 0 Å². The molecule has 56 valence electrons. The Morgan fingerprint density at radius 2 is 1.90 bits per heavy atom. The standard InChI is InChI=1S/C4H2BClF3S/c6-4-2-1-3(10-4)5(7,8)9/h1-2H/q-1. The second kappa shape index (κ2) is 2.47. The normalized spacial score (nSPS) is 12.0. The fourth-order valence-electron chi connectivity index (χ4n) is 0.504. The highest BCUT2D eigenvalue weighted by Crippen LogP contribution is 2.19. The van der Waals surface area contributed by atoms with Crippen LogP contribution in [0.2, 0.25) is 4.34 Å². The Kier molecular flexibility index (Phi) is 1.96. The monoisotopic (exact) mass is 185 g/mol. The predicted octanol–water partition coefficient (Wildman–Crippen LogP) is 2.46. The van der Waals surface area contributed by atoms with Crippen molar-refractivity contribution in [3.05, 3.63) is 16.5 Å². The highest BCUT2D eigenvalue weighted by Gasteiger charge is 2.26. The van der Waals surface area contributed by atoms with Gasteiger partial charge in [0, 0.05) is 0 Å². The topological polar surface area (TPSA) is 0 Å². The first-order chi connectivity index (χ1) is 4.50. The lowest BCUT2D eigenvalue weighted by Crippen LogP contribution is -2.30. The summed E-state index contributed by atoms with van der Waals surface area (Å²) in [5, 5.41) is 0. The highest BCUT2D eigenvalue weighted by atomic mass is 35.5. The fourth-order valence-corrected chi connectivity index (χ4v) is 1.47. The average molecular weight is 185 g/mol. The van der Waals surface area contributed by atoms with Gasteiger partial charge in [0.15, 0.2) is 0 Å². The average Bonchev–Trinajstić information content (AvgIpc) is 2.11. The van der Waals surface area contributed by atoms with E-state index >= 15 is 0 Å². The second-order valence-electron chi connectivity index (χ2n) is 1.72. The van der Waals surface area contributed by atoms with E-state index in [2.05, 4.69) is 0 Å². The van der Waals surface area contributed by atoms with Crippen molar-refractivity contribution >= 4 is 34.7 Å². The first-order valence-corrected chi connectivity index (χ1v) is 3.65. The van der Waals surface area contributed by atoms with E-state index in [9.17, 15) is 12.9 Å². The molecule has 0 aliphatic heterocycles. The largest absolute Gasteiger partial charge is 0.519 e. The lowest BCUT2D eigenvalue weighted by Gasteiger charge is -2.09. The highest BCUT2D eigenvalue weighted by molar-refractivity contribution is 7.26. The van der Waals surface area contributed by atoms with Gasteiger partial charge in [0.05, 0.1) is 4.34 Å². The third kappa shape index (κ3) is 1.67. The smallest absolute Gasteiger partial charge is 0.444 e. The van der Waals surface area contributed by atoms with Crippen molar-refractivity contribution in [2.45, 2.75) is 0 Å². The molecule has 0 spiro atoms. The molecular weight excluding hydrogens is 183 g/mol. The molecule has 0 aliphatic rings. The van der Waals surface area contributed by atoms with Crippen molar-refractivity contribution in [2.24, 2.45) is 0 Å². The SMILES string of the molecule is F[B-](F)(F)c1ccc(Cl)s1. The van der Waals surface area contributed by atoms with Gasteiger partial charge in [0.2, 0.25) is 0 Å². The number of hydrogen-bond donors (Lipinski definition) is 0. The molecule has 0 amide bonds. The number of thiophene rings is 1. The van der Waals surface area contributed by atoms with Gasteiger partial charge in [-0.3, -0.25) is 0 Å². The fraction of sp³-hybridized carbons (Fsp3) is 0. The van der Waals surface area contributed by atoms with E-state index < -0.39 is 11.8 Å². The minimum Gasteiger partial charge on any atom is -0.444 e. The van der Waals surface area contributed by atoms with Gasteiger partial charge in [0.1, 0.15) is 0 Å². The van der Waals surface area contributed by atoms with Crippen LogP contribution >= 0.6 is 22.9 Å². The summed E-state index contributed by atoms with van der Waals surface area (Å²) in [6, 6.07) is 2.24. The zero-order valence-electron chi connectivity index (χ0n) is 4.65. The maximum atomic E-state index is 11.8. The zero-order valence-corrected chi connectivity index (χ0v) is 6.22. The summed E-state index contributed by atoms with van der Waals surface area (Å²) in [7, 11) is 0.